The van der Waals surface area contributed by atoms with Gasteiger partial charge in [0.25, 0.3) is 0 Å². The maximum Gasteiger partial charge on any atom is 0.173 e. The number of hydrogen-bond donors (Lipinski definition) is 1. The quantitative estimate of drug-likeness (QED) is 0.887. The summed E-state index contributed by atoms with van der Waals surface area (Å²) in [6.07, 6.45) is 5.56. The lowest BCUT2D eigenvalue weighted by atomic mass is 10.3. The molecule has 0 radical (unpaired) electrons. The van der Waals surface area contributed by atoms with Gasteiger partial charge < -0.3 is 9.72 Å². The van der Waals surface area contributed by atoms with Crippen LogP contribution in [0.4, 0.5) is 0 Å². The fourth-order valence-corrected chi connectivity index (χ4v) is 3.28. The Balaban J connectivity index is 1.69. The van der Waals surface area contributed by atoms with Gasteiger partial charge in [-0.1, -0.05) is 12.1 Å². The van der Waals surface area contributed by atoms with Crippen molar-refractivity contribution in [1.82, 2.24) is 14.7 Å². The molecule has 3 heterocycles. The average molecular weight is 263 g/mol. The highest BCUT2D eigenvalue weighted by molar-refractivity contribution is 7.94. The van der Waals surface area contributed by atoms with Gasteiger partial charge in [0, 0.05) is 30.4 Å². The van der Waals surface area contributed by atoms with E-state index in [0.29, 0.717) is 6.54 Å². The van der Waals surface area contributed by atoms with Crippen LogP contribution < -0.4 is 5.32 Å². The Hall–Kier alpha value is -1.66. The van der Waals surface area contributed by atoms with Crippen LogP contribution in [0.2, 0.25) is 0 Å². The molecule has 1 aliphatic heterocycles. The van der Waals surface area contributed by atoms with Gasteiger partial charge in [-0.05, 0) is 12.1 Å². The van der Waals surface area contributed by atoms with Gasteiger partial charge in [-0.15, -0.1) is 0 Å². The molecule has 94 valence electrons. The highest BCUT2D eigenvalue weighted by Crippen LogP contribution is 2.09. The van der Waals surface area contributed by atoms with Crippen molar-refractivity contribution in [3.05, 3.63) is 47.8 Å². The Kier molecular flexibility index (Phi) is 2.68. The summed E-state index contributed by atoms with van der Waals surface area (Å²) in [5.41, 5.74) is 1.79. The molecule has 0 aliphatic carbocycles. The van der Waals surface area contributed by atoms with E-state index in [1.165, 1.54) is 5.41 Å². The summed E-state index contributed by atoms with van der Waals surface area (Å²) in [7, 11) is -2.99. The van der Waals surface area contributed by atoms with Crippen LogP contribution in [-0.4, -0.2) is 29.6 Å². The number of sulfone groups is 1. The van der Waals surface area contributed by atoms with E-state index in [2.05, 4.69) is 10.3 Å². The summed E-state index contributed by atoms with van der Waals surface area (Å²) < 4.78 is 24.4. The largest absolute Gasteiger partial charge is 0.307 e. The summed E-state index contributed by atoms with van der Waals surface area (Å²) in [5.74, 6) is 0.139. The normalized spacial score (nSPS) is 21.7. The van der Waals surface area contributed by atoms with Crippen LogP contribution in [-0.2, 0) is 16.4 Å². The molecule has 5 nitrogen and oxygen atoms in total. The molecule has 1 N–H and O–H groups in total. The minimum absolute atomic E-state index is 0.111. The van der Waals surface area contributed by atoms with Gasteiger partial charge in [-0.25, -0.2) is 13.4 Å². The molecule has 0 bridgehead atoms. The summed E-state index contributed by atoms with van der Waals surface area (Å²) in [5, 5.41) is 4.44. The fraction of sp³-hybridized carbons (Fsp3) is 0.250. The van der Waals surface area contributed by atoms with Crippen molar-refractivity contribution in [3.8, 4) is 0 Å². The summed E-state index contributed by atoms with van der Waals surface area (Å²) in [6.45, 7) is 0.562. The summed E-state index contributed by atoms with van der Waals surface area (Å²) in [4.78, 5) is 4.44. The Morgan fingerprint density at radius 2 is 2.33 bits per heavy atom. The van der Waals surface area contributed by atoms with Crippen LogP contribution in [0.3, 0.4) is 0 Å². The molecule has 0 amide bonds. The third-order valence-corrected chi connectivity index (χ3v) is 4.28. The smallest absolute Gasteiger partial charge is 0.173 e. The second-order valence-corrected chi connectivity index (χ2v) is 6.28. The first-order chi connectivity index (χ1) is 8.62. The summed E-state index contributed by atoms with van der Waals surface area (Å²) in [6, 6.07) is 5.70. The highest BCUT2D eigenvalue weighted by atomic mass is 32.2. The average Bonchev–Trinajstić information content (AvgIpc) is 2.89. The van der Waals surface area contributed by atoms with E-state index in [1.54, 1.807) is 6.08 Å². The second kappa shape index (κ2) is 4.22. The van der Waals surface area contributed by atoms with E-state index in [-0.39, 0.29) is 11.8 Å². The molecule has 0 saturated heterocycles. The maximum atomic E-state index is 11.2. The molecule has 6 heteroatoms. The third kappa shape index (κ3) is 2.30. The van der Waals surface area contributed by atoms with E-state index < -0.39 is 9.84 Å². The SMILES string of the molecule is O=S1(=O)C=CC(NCc2cn3ccccc3n2)C1. The molecule has 3 rings (SSSR count). The van der Waals surface area contributed by atoms with E-state index in [1.807, 2.05) is 35.0 Å². The zero-order valence-electron chi connectivity index (χ0n) is 9.65. The molecule has 1 atom stereocenters. The molecule has 2 aromatic heterocycles. The molecule has 1 unspecified atom stereocenters. The van der Waals surface area contributed by atoms with E-state index in [0.717, 1.165) is 11.3 Å². The van der Waals surface area contributed by atoms with Gasteiger partial charge in [0.1, 0.15) is 5.65 Å². The first-order valence-corrected chi connectivity index (χ1v) is 7.41. The molecule has 1 aliphatic rings. The second-order valence-electron chi connectivity index (χ2n) is 4.34. The van der Waals surface area contributed by atoms with Crippen molar-refractivity contribution in [2.45, 2.75) is 12.6 Å². The lowest BCUT2D eigenvalue weighted by Crippen LogP contribution is -2.29. The first-order valence-electron chi connectivity index (χ1n) is 5.69. The number of rotatable bonds is 3. The van der Waals surface area contributed by atoms with Crippen LogP contribution in [0.5, 0.6) is 0 Å². The lowest BCUT2D eigenvalue weighted by Gasteiger charge is -2.07. The fourth-order valence-electron chi connectivity index (χ4n) is 2.01. The van der Waals surface area contributed by atoms with E-state index in [9.17, 15) is 8.42 Å². The molecule has 0 saturated carbocycles. The van der Waals surface area contributed by atoms with E-state index in [4.69, 9.17) is 0 Å². The molecule has 0 spiro atoms. The van der Waals surface area contributed by atoms with E-state index >= 15 is 0 Å². The van der Waals surface area contributed by atoms with Gasteiger partial charge in [-0.3, -0.25) is 0 Å². The predicted octanol–water partition coefficient (Wildman–Crippen LogP) is 0.735. The molecular weight excluding hydrogens is 250 g/mol. The van der Waals surface area contributed by atoms with Crippen molar-refractivity contribution in [3.63, 3.8) is 0 Å². The van der Waals surface area contributed by atoms with Crippen molar-refractivity contribution in [2.24, 2.45) is 0 Å². The number of nitrogens with zero attached hydrogens (tertiary/aromatic N) is 2. The molecular formula is C12H13N3O2S. The van der Waals surface area contributed by atoms with Gasteiger partial charge in [-0.2, -0.15) is 0 Å². The van der Waals surface area contributed by atoms with Gasteiger partial charge in [0.15, 0.2) is 9.84 Å². The number of aromatic nitrogens is 2. The molecule has 18 heavy (non-hydrogen) atoms. The van der Waals surface area contributed by atoms with Crippen molar-refractivity contribution < 1.29 is 8.42 Å². The van der Waals surface area contributed by atoms with Crippen LogP contribution in [0.25, 0.3) is 5.65 Å². The van der Waals surface area contributed by atoms with Crippen molar-refractivity contribution in [2.75, 3.05) is 5.75 Å². The van der Waals surface area contributed by atoms with Crippen LogP contribution >= 0.6 is 0 Å². The third-order valence-electron chi connectivity index (χ3n) is 2.89. The van der Waals surface area contributed by atoms with Gasteiger partial charge in [0.05, 0.1) is 11.4 Å². The minimum atomic E-state index is -2.99. The number of imidazole rings is 1. The highest BCUT2D eigenvalue weighted by Gasteiger charge is 2.21. The zero-order chi connectivity index (χ0) is 12.6. The van der Waals surface area contributed by atoms with Crippen molar-refractivity contribution >= 4 is 15.5 Å². The van der Waals surface area contributed by atoms with Crippen LogP contribution in [0.15, 0.2) is 42.1 Å². The Morgan fingerprint density at radius 1 is 1.44 bits per heavy atom. The molecule has 0 fully saturated rings. The van der Waals surface area contributed by atoms with Gasteiger partial charge >= 0.3 is 0 Å². The van der Waals surface area contributed by atoms with Crippen LogP contribution in [0, 0.1) is 0 Å². The Labute approximate surface area is 105 Å². The Morgan fingerprint density at radius 3 is 3.06 bits per heavy atom. The lowest BCUT2D eigenvalue weighted by molar-refractivity contribution is 0.588. The monoisotopic (exact) mass is 263 g/mol. The zero-order valence-corrected chi connectivity index (χ0v) is 10.5. The number of fused-ring (bicyclic) bond motifs is 1. The van der Waals surface area contributed by atoms with Crippen LogP contribution in [0.1, 0.15) is 5.69 Å². The molecule has 0 aromatic carbocycles. The molecule has 2 aromatic rings. The number of pyridine rings is 1. The minimum Gasteiger partial charge on any atom is -0.307 e. The number of hydrogen-bond acceptors (Lipinski definition) is 4. The van der Waals surface area contributed by atoms with Crippen molar-refractivity contribution in [1.29, 1.82) is 0 Å². The standard InChI is InChI=1S/C12H13N3O2S/c16-18(17)6-4-10(9-18)13-7-11-8-15-5-2-1-3-12(15)14-11/h1-6,8,10,13H,7,9H2. The maximum absolute atomic E-state index is 11.2. The number of nitrogens with one attached hydrogen (secondary N) is 1. The van der Waals surface area contributed by atoms with Gasteiger partial charge in [0.2, 0.25) is 0 Å². The first kappa shape index (κ1) is 11.4. The predicted molar refractivity (Wildman–Crippen MR) is 68.7 cm³/mol. The summed E-state index contributed by atoms with van der Waals surface area (Å²) >= 11 is 0. The Bertz CT molecular complexity index is 670. The topological polar surface area (TPSA) is 63.5 Å².